The van der Waals surface area contributed by atoms with Crippen LogP contribution in [-0.4, -0.2) is 67.9 Å². The topological polar surface area (TPSA) is 90.9 Å². The lowest BCUT2D eigenvalue weighted by molar-refractivity contribution is -0.140. The Morgan fingerprint density at radius 1 is 1.42 bits per heavy atom. The van der Waals surface area contributed by atoms with Crippen LogP contribution >= 0.6 is 0 Å². The van der Waals surface area contributed by atoms with Crippen LogP contribution < -0.4 is 10.6 Å². The van der Waals surface area contributed by atoms with Crippen LogP contribution in [-0.2, 0) is 9.53 Å². The van der Waals surface area contributed by atoms with Crippen LogP contribution in [0.25, 0.3) is 0 Å². The molecule has 0 aliphatic rings. The van der Waals surface area contributed by atoms with E-state index < -0.39 is 18.0 Å². The Balaban J connectivity index is 3.94. The van der Waals surface area contributed by atoms with E-state index in [2.05, 4.69) is 29.4 Å². The summed E-state index contributed by atoms with van der Waals surface area (Å²) in [5.74, 6) is -1.12. The molecule has 0 aromatic heterocycles. The highest BCUT2D eigenvalue weighted by Gasteiger charge is 2.19. The number of hydrogen-bond donors (Lipinski definition) is 3. The number of hydrogen-bond acceptors (Lipinski definition) is 4. The van der Waals surface area contributed by atoms with Gasteiger partial charge in [-0.25, -0.2) is 9.59 Å². The second-order valence-electron chi connectivity index (χ2n) is 4.48. The number of methoxy groups -OCH3 is 1. The lowest BCUT2D eigenvalue weighted by atomic mass is 10.2. The van der Waals surface area contributed by atoms with Crippen LogP contribution in [0.1, 0.15) is 20.3 Å². The molecule has 0 aliphatic carbocycles. The molecule has 2 unspecified atom stereocenters. The van der Waals surface area contributed by atoms with Crippen molar-refractivity contribution in [2.24, 2.45) is 0 Å². The molecule has 19 heavy (non-hydrogen) atoms. The zero-order valence-electron chi connectivity index (χ0n) is 12.1. The number of ether oxygens (including phenoxy) is 1. The van der Waals surface area contributed by atoms with Crippen LogP contribution in [0.5, 0.6) is 0 Å². The Morgan fingerprint density at radius 2 is 2.05 bits per heavy atom. The molecule has 2 atom stereocenters. The van der Waals surface area contributed by atoms with Crippen molar-refractivity contribution < 1.29 is 19.4 Å². The zero-order chi connectivity index (χ0) is 14.8. The average Bonchev–Trinajstić information content (AvgIpc) is 2.36. The van der Waals surface area contributed by atoms with Gasteiger partial charge in [0.15, 0.2) is 6.04 Å². The van der Waals surface area contributed by atoms with Crippen molar-refractivity contribution in [2.45, 2.75) is 32.4 Å². The van der Waals surface area contributed by atoms with Gasteiger partial charge in [-0.3, -0.25) is 0 Å². The first kappa shape index (κ1) is 17.7. The smallest absolute Gasteiger partial charge is 0.328 e. The van der Waals surface area contributed by atoms with E-state index >= 15 is 0 Å². The van der Waals surface area contributed by atoms with Gasteiger partial charge in [0.05, 0.1) is 6.61 Å². The highest BCUT2D eigenvalue weighted by molar-refractivity contribution is 5.82. The van der Waals surface area contributed by atoms with Crippen molar-refractivity contribution in [1.82, 2.24) is 15.5 Å². The number of carbonyl (C=O) groups is 2. The average molecular weight is 275 g/mol. The largest absolute Gasteiger partial charge is 0.480 e. The number of rotatable bonds is 9. The maximum Gasteiger partial charge on any atom is 0.328 e. The van der Waals surface area contributed by atoms with Gasteiger partial charge in [-0.15, -0.1) is 0 Å². The third-order valence-electron chi connectivity index (χ3n) is 3.03. The molecule has 7 nitrogen and oxygen atoms in total. The van der Waals surface area contributed by atoms with Crippen molar-refractivity contribution in [3.8, 4) is 0 Å². The van der Waals surface area contributed by atoms with Gasteiger partial charge in [-0.2, -0.15) is 0 Å². The number of nitrogens with zero attached hydrogens (tertiary/aromatic N) is 1. The molecule has 0 spiro atoms. The lowest BCUT2D eigenvalue weighted by Gasteiger charge is -2.23. The Bertz CT molecular complexity index is 286. The summed E-state index contributed by atoms with van der Waals surface area (Å²) in [6.45, 7) is 5.33. The zero-order valence-corrected chi connectivity index (χ0v) is 12.1. The van der Waals surface area contributed by atoms with E-state index in [0.29, 0.717) is 19.1 Å². The Kier molecular flexibility index (Phi) is 8.90. The van der Waals surface area contributed by atoms with E-state index in [1.54, 1.807) is 0 Å². The maximum absolute atomic E-state index is 11.5. The molecule has 0 aromatic rings. The van der Waals surface area contributed by atoms with Crippen LogP contribution in [0.15, 0.2) is 0 Å². The molecular weight excluding hydrogens is 250 g/mol. The molecule has 0 heterocycles. The molecular formula is C12H25N3O4. The van der Waals surface area contributed by atoms with Crippen LogP contribution in [0.4, 0.5) is 4.79 Å². The first-order valence-corrected chi connectivity index (χ1v) is 6.38. The third kappa shape index (κ3) is 7.63. The molecule has 0 saturated heterocycles. The predicted octanol–water partition coefficient (Wildman–Crippen LogP) is 0.116. The van der Waals surface area contributed by atoms with E-state index in [4.69, 9.17) is 9.84 Å². The fourth-order valence-electron chi connectivity index (χ4n) is 1.43. The molecule has 0 bridgehead atoms. The minimum absolute atomic E-state index is 0.0600. The summed E-state index contributed by atoms with van der Waals surface area (Å²) >= 11 is 0. The van der Waals surface area contributed by atoms with E-state index in [9.17, 15) is 9.59 Å². The number of carbonyl (C=O) groups excluding carboxylic acids is 1. The molecule has 0 saturated carbocycles. The minimum Gasteiger partial charge on any atom is -0.480 e. The number of nitrogens with one attached hydrogen (secondary N) is 2. The molecule has 0 aromatic carbocycles. The molecule has 0 aliphatic heterocycles. The summed E-state index contributed by atoms with van der Waals surface area (Å²) < 4.78 is 4.72. The van der Waals surface area contributed by atoms with Gasteiger partial charge >= 0.3 is 12.0 Å². The van der Waals surface area contributed by atoms with E-state index in [1.165, 1.54) is 7.11 Å². The summed E-state index contributed by atoms with van der Waals surface area (Å²) in [5.41, 5.74) is 0. The van der Waals surface area contributed by atoms with Gasteiger partial charge in [0.25, 0.3) is 0 Å². The fourth-order valence-corrected chi connectivity index (χ4v) is 1.43. The monoisotopic (exact) mass is 275 g/mol. The molecule has 7 heteroatoms. The van der Waals surface area contributed by atoms with Gasteiger partial charge < -0.3 is 25.4 Å². The second-order valence-corrected chi connectivity index (χ2v) is 4.48. The Labute approximate surface area is 114 Å². The molecule has 2 amide bonds. The predicted molar refractivity (Wildman–Crippen MR) is 72.2 cm³/mol. The van der Waals surface area contributed by atoms with E-state index in [0.717, 1.165) is 6.42 Å². The lowest BCUT2D eigenvalue weighted by Crippen LogP contribution is -2.49. The van der Waals surface area contributed by atoms with Crippen molar-refractivity contribution in [1.29, 1.82) is 0 Å². The van der Waals surface area contributed by atoms with E-state index in [1.807, 2.05) is 7.05 Å². The highest BCUT2D eigenvalue weighted by Crippen LogP contribution is 1.98. The normalized spacial score (nSPS) is 13.9. The molecule has 3 N–H and O–H groups in total. The van der Waals surface area contributed by atoms with Crippen LogP contribution in [0, 0.1) is 0 Å². The molecule has 0 rings (SSSR count). The van der Waals surface area contributed by atoms with Gasteiger partial charge in [0.1, 0.15) is 0 Å². The SMILES string of the molecule is CCC(C)N(C)CCNC(=O)NC(COC)C(=O)O. The first-order chi connectivity index (χ1) is 8.92. The van der Waals surface area contributed by atoms with Gasteiger partial charge in [0, 0.05) is 26.2 Å². The number of amides is 2. The second kappa shape index (κ2) is 9.57. The molecule has 0 radical (unpaired) electrons. The number of carboxylic acid groups (broad SMARTS) is 1. The Morgan fingerprint density at radius 3 is 2.53 bits per heavy atom. The third-order valence-corrected chi connectivity index (χ3v) is 3.03. The standard InChI is InChI=1S/C12H25N3O4/c1-5-9(2)15(3)7-6-13-12(18)14-10(8-19-4)11(16)17/h9-10H,5-8H2,1-4H3,(H,16,17)(H2,13,14,18). The Hall–Kier alpha value is -1.34. The van der Waals surface area contributed by atoms with Crippen molar-refractivity contribution in [3.63, 3.8) is 0 Å². The van der Waals surface area contributed by atoms with Crippen molar-refractivity contribution in [2.75, 3.05) is 33.9 Å². The van der Waals surface area contributed by atoms with Crippen LogP contribution in [0.3, 0.4) is 0 Å². The summed E-state index contributed by atoms with van der Waals surface area (Å²) in [5, 5.41) is 13.8. The quantitative estimate of drug-likeness (QED) is 0.556. The van der Waals surface area contributed by atoms with Crippen molar-refractivity contribution >= 4 is 12.0 Å². The number of carboxylic acids is 1. The summed E-state index contributed by atoms with van der Waals surface area (Å²) in [6, 6.07) is -1.08. The fraction of sp³-hybridized carbons (Fsp3) is 0.833. The highest BCUT2D eigenvalue weighted by atomic mass is 16.5. The first-order valence-electron chi connectivity index (χ1n) is 6.38. The van der Waals surface area contributed by atoms with E-state index in [-0.39, 0.29) is 6.61 Å². The molecule has 112 valence electrons. The summed E-state index contributed by atoms with van der Waals surface area (Å²) in [4.78, 5) is 24.4. The maximum atomic E-state index is 11.5. The number of urea groups is 1. The summed E-state index contributed by atoms with van der Waals surface area (Å²) in [6.07, 6.45) is 1.04. The molecule has 0 fully saturated rings. The van der Waals surface area contributed by atoms with Gasteiger partial charge in [0.2, 0.25) is 0 Å². The number of likely N-dealkylation sites (N-methyl/N-ethyl adjacent to an activating group) is 1. The van der Waals surface area contributed by atoms with Crippen molar-refractivity contribution in [3.05, 3.63) is 0 Å². The summed E-state index contributed by atoms with van der Waals surface area (Å²) in [7, 11) is 3.37. The van der Waals surface area contributed by atoms with Gasteiger partial charge in [-0.1, -0.05) is 6.92 Å². The van der Waals surface area contributed by atoms with Crippen LogP contribution in [0.2, 0.25) is 0 Å². The minimum atomic E-state index is -1.12. The number of aliphatic carboxylic acids is 1. The van der Waals surface area contributed by atoms with Gasteiger partial charge in [-0.05, 0) is 20.4 Å².